The first-order valence-corrected chi connectivity index (χ1v) is 8.72. The van der Waals surface area contributed by atoms with Crippen LogP contribution in [-0.4, -0.2) is 33.1 Å². The largest absolute Gasteiger partial charge is 0.469 e. The zero-order valence-electron chi connectivity index (χ0n) is 14.5. The Morgan fingerprint density at radius 1 is 1.27 bits per heavy atom. The van der Waals surface area contributed by atoms with Crippen LogP contribution in [0.3, 0.4) is 0 Å². The van der Waals surface area contributed by atoms with E-state index in [2.05, 4.69) is 26.3 Å². The SMILES string of the molecule is CCCCCC[C@H](CC(=O)NCCC[NH+](C)C)c1ccco1. The number of carbonyl (C=O) groups is 1. The maximum atomic E-state index is 12.1. The fourth-order valence-electron chi connectivity index (χ4n) is 2.65. The van der Waals surface area contributed by atoms with Crippen molar-refractivity contribution >= 4 is 5.91 Å². The number of rotatable bonds is 12. The minimum Gasteiger partial charge on any atom is -0.469 e. The van der Waals surface area contributed by atoms with Crippen LogP contribution in [-0.2, 0) is 4.79 Å². The topological polar surface area (TPSA) is 46.7 Å². The smallest absolute Gasteiger partial charge is 0.220 e. The number of carbonyl (C=O) groups excluding carboxylic acids is 1. The summed E-state index contributed by atoms with van der Waals surface area (Å²) >= 11 is 0. The van der Waals surface area contributed by atoms with Gasteiger partial charge in [0.15, 0.2) is 0 Å². The van der Waals surface area contributed by atoms with Crippen molar-refractivity contribution in [1.29, 1.82) is 0 Å². The molecule has 0 saturated heterocycles. The highest BCUT2D eigenvalue weighted by Crippen LogP contribution is 2.26. The molecular formula is C18H33N2O2+. The van der Waals surface area contributed by atoms with E-state index in [1.807, 2.05) is 12.1 Å². The van der Waals surface area contributed by atoms with Crippen molar-refractivity contribution in [2.24, 2.45) is 0 Å². The van der Waals surface area contributed by atoms with Gasteiger partial charge in [0.05, 0.1) is 26.9 Å². The van der Waals surface area contributed by atoms with E-state index in [0.29, 0.717) is 6.42 Å². The van der Waals surface area contributed by atoms with Crippen molar-refractivity contribution < 1.29 is 14.1 Å². The van der Waals surface area contributed by atoms with Crippen LogP contribution in [0.5, 0.6) is 0 Å². The molecule has 1 heterocycles. The molecule has 1 aromatic heterocycles. The van der Waals surface area contributed by atoms with Gasteiger partial charge in [0, 0.05) is 25.3 Å². The first-order chi connectivity index (χ1) is 10.6. The van der Waals surface area contributed by atoms with Crippen LogP contribution in [0.25, 0.3) is 0 Å². The van der Waals surface area contributed by atoms with E-state index in [9.17, 15) is 4.79 Å². The highest BCUT2D eigenvalue weighted by molar-refractivity contribution is 5.76. The molecule has 0 aromatic carbocycles. The number of amides is 1. The predicted molar refractivity (Wildman–Crippen MR) is 90.1 cm³/mol. The minimum atomic E-state index is 0.144. The first-order valence-electron chi connectivity index (χ1n) is 8.72. The van der Waals surface area contributed by atoms with Crippen LogP contribution in [0, 0.1) is 0 Å². The van der Waals surface area contributed by atoms with Crippen LogP contribution in [0.15, 0.2) is 22.8 Å². The first kappa shape index (κ1) is 18.8. The van der Waals surface area contributed by atoms with Crippen LogP contribution in [0.1, 0.15) is 63.5 Å². The van der Waals surface area contributed by atoms with E-state index in [-0.39, 0.29) is 11.8 Å². The number of quaternary nitrogens is 1. The average molecular weight is 309 g/mol. The summed E-state index contributed by atoms with van der Waals surface area (Å²) in [6.45, 7) is 4.07. The molecule has 1 aromatic rings. The van der Waals surface area contributed by atoms with Crippen LogP contribution in [0.2, 0.25) is 0 Å². The molecule has 0 aliphatic rings. The molecule has 1 atom stereocenters. The van der Waals surface area contributed by atoms with Gasteiger partial charge in [-0.15, -0.1) is 0 Å². The van der Waals surface area contributed by atoms with E-state index in [4.69, 9.17) is 4.42 Å². The fourth-order valence-corrected chi connectivity index (χ4v) is 2.65. The van der Waals surface area contributed by atoms with Gasteiger partial charge in [-0.3, -0.25) is 4.79 Å². The Morgan fingerprint density at radius 2 is 2.09 bits per heavy atom. The Morgan fingerprint density at radius 3 is 2.73 bits per heavy atom. The quantitative estimate of drug-likeness (QED) is 0.582. The van der Waals surface area contributed by atoms with E-state index < -0.39 is 0 Å². The number of hydrogen-bond donors (Lipinski definition) is 2. The maximum absolute atomic E-state index is 12.1. The van der Waals surface area contributed by atoms with Gasteiger partial charge < -0.3 is 14.6 Å². The number of unbranched alkanes of at least 4 members (excludes halogenated alkanes) is 3. The van der Waals surface area contributed by atoms with Crippen molar-refractivity contribution in [3.8, 4) is 0 Å². The summed E-state index contributed by atoms with van der Waals surface area (Å²) in [6.07, 6.45) is 9.19. The average Bonchev–Trinajstić information content (AvgIpc) is 3.01. The number of nitrogens with one attached hydrogen (secondary N) is 2. The Bertz CT molecular complexity index is 388. The van der Waals surface area contributed by atoms with Crippen LogP contribution >= 0.6 is 0 Å². The van der Waals surface area contributed by atoms with Crippen molar-refractivity contribution in [3.05, 3.63) is 24.2 Å². The van der Waals surface area contributed by atoms with Crippen molar-refractivity contribution in [3.63, 3.8) is 0 Å². The Kier molecular flexibility index (Phi) is 9.64. The van der Waals surface area contributed by atoms with E-state index in [0.717, 1.165) is 38.1 Å². The second-order valence-corrected chi connectivity index (χ2v) is 6.43. The van der Waals surface area contributed by atoms with Gasteiger partial charge in [0.1, 0.15) is 5.76 Å². The third-order valence-electron chi connectivity index (χ3n) is 3.96. The molecular weight excluding hydrogens is 276 g/mol. The standard InChI is InChI=1S/C18H32N2O2/c1-4-5-6-7-10-16(17-11-8-14-22-17)15-18(21)19-12-9-13-20(2)3/h8,11,14,16H,4-7,9-10,12-13,15H2,1-3H3,(H,19,21)/p+1/t16-/m1/s1. The summed E-state index contributed by atoms with van der Waals surface area (Å²) in [5, 5.41) is 3.04. The highest BCUT2D eigenvalue weighted by Gasteiger charge is 2.18. The van der Waals surface area contributed by atoms with Crippen molar-refractivity contribution in [2.75, 3.05) is 27.2 Å². The molecule has 0 saturated carbocycles. The van der Waals surface area contributed by atoms with Crippen LogP contribution in [0.4, 0.5) is 0 Å². The molecule has 0 unspecified atom stereocenters. The second-order valence-electron chi connectivity index (χ2n) is 6.43. The molecule has 0 radical (unpaired) electrons. The van der Waals surface area contributed by atoms with E-state index >= 15 is 0 Å². The van der Waals surface area contributed by atoms with Gasteiger partial charge in [-0.25, -0.2) is 0 Å². The van der Waals surface area contributed by atoms with E-state index in [1.165, 1.54) is 24.2 Å². The summed E-state index contributed by atoms with van der Waals surface area (Å²) < 4.78 is 5.53. The molecule has 1 rings (SSSR count). The van der Waals surface area contributed by atoms with Crippen molar-refractivity contribution in [2.45, 2.75) is 57.8 Å². The molecule has 4 heteroatoms. The van der Waals surface area contributed by atoms with E-state index in [1.54, 1.807) is 6.26 Å². The third-order valence-corrected chi connectivity index (χ3v) is 3.96. The molecule has 126 valence electrons. The molecule has 4 nitrogen and oxygen atoms in total. The number of hydrogen-bond acceptors (Lipinski definition) is 2. The Labute approximate surface area is 135 Å². The summed E-state index contributed by atoms with van der Waals surface area (Å²) in [5.74, 6) is 1.31. The lowest BCUT2D eigenvalue weighted by Crippen LogP contribution is -3.05. The Balaban J connectivity index is 2.35. The monoisotopic (exact) mass is 309 g/mol. The predicted octanol–water partition coefficient (Wildman–Crippen LogP) is 2.37. The Hall–Kier alpha value is -1.29. The molecule has 0 aliphatic carbocycles. The molecule has 0 bridgehead atoms. The lowest BCUT2D eigenvalue weighted by molar-refractivity contribution is -0.858. The zero-order chi connectivity index (χ0) is 16.2. The van der Waals surface area contributed by atoms with Crippen molar-refractivity contribution in [1.82, 2.24) is 5.32 Å². The zero-order valence-corrected chi connectivity index (χ0v) is 14.5. The van der Waals surface area contributed by atoms with Gasteiger partial charge >= 0.3 is 0 Å². The summed E-state index contributed by atoms with van der Waals surface area (Å²) in [4.78, 5) is 13.5. The van der Waals surface area contributed by atoms with Gasteiger partial charge in [-0.1, -0.05) is 32.6 Å². The highest BCUT2D eigenvalue weighted by atomic mass is 16.3. The van der Waals surface area contributed by atoms with Gasteiger partial charge in [0.25, 0.3) is 0 Å². The maximum Gasteiger partial charge on any atom is 0.220 e. The van der Waals surface area contributed by atoms with Gasteiger partial charge in [-0.2, -0.15) is 0 Å². The number of furan rings is 1. The minimum absolute atomic E-state index is 0.144. The normalized spacial score (nSPS) is 12.5. The molecule has 1 amide bonds. The lowest BCUT2D eigenvalue weighted by atomic mass is 9.94. The third kappa shape index (κ3) is 8.23. The molecule has 0 spiro atoms. The summed E-state index contributed by atoms with van der Waals surface area (Å²) in [6, 6.07) is 3.90. The molecule has 22 heavy (non-hydrogen) atoms. The summed E-state index contributed by atoms with van der Waals surface area (Å²) in [7, 11) is 4.26. The molecule has 0 fully saturated rings. The molecule has 2 N–H and O–H groups in total. The summed E-state index contributed by atoms with van der Waals surface area (Å²) in [5.41, 5.74) is 0. The van der Waals surface area contributed by atoms with Gasteiger partial charge in [-0.05, 0) is 18.6 Å². The van der Waals surface area contributed by atoms with Crippen LogP contribution < -0.4 is 10.2 Å². The molecule has 0 aliphatic heterocycles. The lowest BCUT2D eigenvalue weighted by Gasteiger charge is -2.15. The second kappa shape index (κ2) is 11.3. The van der Waals surface area contributed by atoms with Gasteiger partial charge in [0.2, 0.25) is 5.91 Å². The fraction of sp³-hybridized carbons (Fsp3) is 0.722.